The Morgan fingerprint density at radius 1 is 1.50 bits per heavy atom. The van der Waals surface area contributed by atoms with Crippen LogP contribution in [0.25, 0.3) is 0 Å². The lowest BCUT2D eigenvalue weighted by atomic mass is 10.1. The molecule has 5 nitrogen and oxygen atoms in total. The maximum atomic E-state index is 12.3. The maximum absolute atomic E-state index is 12.3. The molecule has 1 aromatic carbocycles. The molecule has 0 aliphatic carbocycles. The van der Waals surface area contributed by atoms with Crippen LogP contribution in [0.2, 0.25) is 0 Å². The van der Waals surface area contributed by atoms with Crippen molar-refractivity contribution in [3.63, 3.8) is 0 Å². The second-order valence-corrected chi connectivity index (χ2v) is 5.78. The van der Waals surface area contributed by atoms with Gasteiger partial charge < -0.3 is 15.4 Å². The molecule has 0 bridgehead atoms. The zero-order chi connectivity index (χ0) is 14.7. The van der Waals surface area contributed by atoms with Gasteiger partial charge in [-0.1, -0.05) is 0 Å². The first-order chi connectivity index (χ1) is 9.51. The Kier molecular flexibility index (Phi) is 4.24. The average Bonchev–Trinajstić information content (AvgIpc) is 2.83. The number of amides is 1. The minimum Gasteiger partial charge on any atom is -0.495 e. The van der Waals surface area contributed by atoms with E-state index in [-0.39, 0.29) is 5.91 Å². The summed E-state index contributed by atoms with van der Waals surface area (Å²) in [4.78, 5) is 19.2. The highest BCUT2D eigenvalue weighted by Crippen LogP contribution is 2.23. The van der Waals surface area contributed by atoms with E-state index < -0.39 is 0 Å². The van der Waals surface area contributed by atoms with Gasteiger partial charge in [-0.2, -0.15) is 0 Å². The summed E-state index contributed by atoms with van der Waals surface area (Å²) in [5, 5.41) is 0.995. The minimum atomic E-state index is -0.0747. The van der Waals surface area contributed by atoms with Crippen molar-refractivity contribution >= 4 is 22.9 Å². The topological polar surface area (TPSA) is 68.5 Å². The van der Waals surface area contributed by atoms with Crippen molar-refractivity contribution in [1.29, 1.82) is 0 Å². The number of carbonyl (C=O) groups excluding carboxylic acids is 1. The number of hydrogen-bond acceptors (Lipinski definition) is 5. The molecule has 2 rings (SSSR count). The van der Waals surface area contributed by atoms with Crippen LogP contribution in [0.5, 0.6) is 5.75 Å². The molecule has 0 saturated carbocycles. The number of anilines is 1. The third-order valence-electron chi connectivity index (χ3n) is 2.89. The van der Waals surface area contributed by atoms with Crippen LogP contribution in [0.15, 0.2) is 24.4 Å². The molecular weight excluding hydrogens is 274 g/mol. The van der Waals surface area contributed by atoms with Gasteiger partial charge in [-0.05, 0) is 25.1 Å². The number of benzene rings is 1. The maximum Gasteiger partial charge on any atom is 0.254 e. The van der Waals surface area contributed by atoms with E-state index in [9.17, 15) is 4.79 Å². The highest BCUT2D eigenvalue weighted by molar-refractivity contribution is 7.11. The molecule has 0 unspecified atom stereocenters. The number of aryl methyl sites for hydroxylation is 1. The molecule has 1 aromatic heterocycles. The van der Waals surface area contributed by atoms with E-state index in [1.807, 2.05) is 6.92 Å². The van der Waals surface area contributed by atoms with Gasteiger partial charge in [-0.25, -0.2) is 4.98 Å². The van der Waals surface area contributed by atoms with Crippen molar-refractivity contribution in [3.8, 4) is 5.75 Å². The third kappa shape index (κ3) is 3.08. The second-order valence-electron chi connectivity index (χ2n) is 4.46. The van der Waals surface area contributed by atoms with Crippen LogP contribution in [0, 0.1) is 6.92 Å². The van der Waals surface area contributed by atoms with Crippen molar-refractivity contribution in [2.75, 3.05) is 19.9 Å². The monoisotopic (exact) mass is 291 g/mol. The van der Waals surface area contributed by atoms with Crippen LogP contribution < -0.4 is 10.5 Å². The van der Waals surface area contributed by atoms with Crippen molar-refractivity contribution in [2.24, 2.45) is 0 Å². The van der Waals surface area contributed by atoms with Gasteiger partial charge in [0.05, 0.1) is 24.3 Å². The number of nitrogen functional groups attached to an aromatic ring is 1. The molecule has 0 saturated heterocycles. The molecule has 0 atom stereocenters. The molecule has 1 amide bonds. The second kappa shape index (κ2) is 5.92. The smallest absolute Gasteiger partial charge is 0.254 e. The van der Waals surface area contributed by atoms with E-state index in [0.717, 1.165) is 9.88 Å². The van der Waals surface area contributed by atoms with Gasteiger partial charge in [0.2, 0.25) is 0 Å². The molecule has 20 heavy (non-hydrogen) atoms. The molecule has 2 aromatic rings. The first-order valence-electron chi connectivity index (χ1n) is 6.11. The highest BCUT2D eigenvalue weighted by atomic mass is 32.1. The number of hydrogen-bond donors (Lipinski definition) is 1. The molecule has 0 fully saturated rings. The lowest BCUT2D eigenvalue weighted by Crippen LogP contribution is -2.25. The fourth-order valence-corrected chi connectivity index (χ4v) is 2.70. The molecule has 1 heterocycles. The predicted octanol–water partition coefficient (Wildman–Crippen LogP) is 2.31. The van der Waals surface area contributed by atoms with Gasteiger partial charge >= 0.3 is 0 Å². The van der Waals surface area contributed by atoms with Gasteiger partial charge in [0, 0.05) is 23.7 Å². The fourth-order valence-electron chi connectivity index (χ4n) is 1.85. The minimum absolute atomic E-state index is 0.0747. The van der Waals surface area contributed by atoms with Crippen LogP contribution in [-0.2, 0) is 6.54 Å². The van der Waals surface area contributed by atoms with E-state index in [1.54, 1.807) is 47.7 Å². The summed E-state index contributed by atoms with van der Waals surface area (Å²) in [6, 6.07) is 5.04. The summed E-state index contributed by atoms with van der Waals surface area (Å²) in [6.07, 6.45) is 1.80. The van der Waals surface area contributed by atoms with Crippen molar-refractivity contribution in [2.45, 2.75) is 13.5 Å². The lowest BCUT2D eigenvalue weighted by Gasteiger charge is -2.16. The van der Waals surface area contributed by atoms with E-state index in [0.29, 0.717) is 23.5 Å². The summed E-state index contributed by atoms with van der Waals surface area (Å²) in [7, 11) is 3.30. The molecule has 0 aliphatic rings. The van der Waals surface area contributed by atoms with Gasteiger partial charge in [-0.15, -0.1) is 11.3 Å². The van der Waals surface area contributed by atoms with E-state index >= 15 is 0 Å². The summed E-state index contributed by atoms with van der Waals surface area (Å²) in [5.41, 5.74) is 6.82. The van der Waals surface area contributed by atoms with Crippen LogP contribution >= 0.6 is 11.3 Å². The van der Waals surface area contributed by atoms with Crippen LogP contribution in [0.3, 0.4) is 0 Å². The summed E-state index contributed by atoms with van der Waals surface area (Å²) in [5.74, 6) is 0.437. The molecule has 0 spiro atoms. The number of aromatic nitrogens is 1. The van der Waals surface area contributed by atoms with Gasteiger partial charge in [0.1, 0.15) is 5.75 Å². The number of thiazole rings is 1. The average molecular weight is 291 g/mol. The Hall–Kier alpha value is -2.08. The summed E-state index contributed by atoms with van der Waals surface area (Å²) >= 11 is 1.59. The Morgan fingerprint density at radius 2 is 2.25 bits per heavy atom. The standard InChI is InChI=1S/C14H17N3O2S/c1-9-16-7-11(20-9)8-17(2)14(18)10-4-5-12(15)13(6-10)19-3/h4-7H,8,15H2,1-3H3. The zero-order valence-corrected chi connectivity index (χ0v) is 12.5. The Labute approximate surface area is 122 Å². The summed E-state index contributed by atoms with van der Waals surface area (Å²) in [6.45, 7) is 2.48. The molecule has 0 radical (unpaired) electrons. The molecular formula is C14H17N3O2S. The van der Waals surface area contributed by atoms with Crippen LogP contribution in [0.1, 0.15) is 20.2 Å². The highest BCUT2D eigenvalue weighted by Gasteiger charge is 2.14. The summed E-state index contributed by atoms with van der Waals surface area (Å²) < 4.78 is 5.13. The Morgan fingerprint density at radius 3 is 2.85 bits per heavy atom. The predicted molar refractivity (Wildman–Crippen MR) is 80.1 cm³/mol. The van der Waals surface area contributed by atoms with Gasteiger partial charge in [-0.3, -0.25) is 4.79 Å². The lowest BCUT2D eigenvalue weighted by molar-refractivity contribution is 0.0786. The Bertz CT molecular complexity index is 625. The first-order valence-corrected chi connectivity index (χ1v) is 6.93. The van der Waals surface area contributed by atoms with Crippen LogP contribution in [0.4, 0.5) is 5.69 Å². The SMILES string of the molecule is COc1cc(C(=O)N(C)Cc2cnc(C)s2)ccc1N. The number of ether oxygens (including phenoxy) is 1. The fraction of sp³-hybridized carbons (Fsp3) is 0.286. The molecule has 106 valence electrons. The van der Waals surface area contributed by atoms with Crippen LogP contribution in [-0.4, -0.2) is 29.9 Å². The number of carbonyl (C=O) groups is 1. The van der Waals surface area contributed by atoms with E-state index in [4.69, 9.17) is 10.5 Å². The van der Waals surface area contributed by atoms with Crippen molar-refractivity contribution < 1.29 is 9.53 Å². The van der Waals surface area contributed by atoms with Crippen molar-refractivity contribution in [1.82, 2.24) is 9.88 Å². The Balaban J connectivity index is 2.14. The van der Waals surface area contributed by atoms with Gasteiger partial charge in [0.15, 0.2) is 0 Å². The van der Waals surface area contributed by atoms with E-state index in [1.165, 1.54) is 7.11 Å². The quantitative estimate of drug-likeness (QED) is 0.878. The molecule has 6 heteroatoms. The number of rotatable bonds is 4. The van der Waals surface area contributed by atoms with Gasteiger partial charge in [0.25, 0.3) is 5.91 Å². The first kappa shape index (κ1) is 14.3. The zero-order valence-electron chi connectivity index (χ0n) is 11.7. The normalized spacial score (nSPS) is 10.3. The molecule has 0 aliphatic heterocycles. The number of nitrogens with zero attached hydrogens (tertiary/aromatic N) is 2. The number of nitrogens with two attached hydrogens (primary N) is 1. The molecule has 2 N–H and O–H groups in total. The third-order valence-corrected chi connectivity index (χ3v) is 3.79. The van der Waals surface area contributed by atoms with Crippen molar-refractivity contribution in [3.05, 3.63) is 39.8 Å². The number of methoxy groups -OCH3 is 1. The van der Waals surface area contributed by atoms with E-state index in [2.05, 4.69) is 4.98 Å². The largest absolute Gasteiger partial charge is 0.495 e.